The monoisotopic (exact) mass is 260 g/mol. The van der Waals surface area contributed by atoms with Gasteiger partial charge in [0.05, 0.1) is 6.10 Å². The number of nitrogens with one attached hydrogen (secondary N) is 1. The van der Waals surface area contributed by atoms with Crippen LogP contribution in [0.4, 0.5) is 5.69 Å². The second-order valence-corrected chi connectivity index (χ2v) is 5.87. The Morgan fingerprint density at radius 2 is 2.21 bits per heavy atom. The Bertz CT molecular complexity index is 435. The van der Waals surface area contributed by atoms with Gasteiger partial charge in [-0.3, -0.25) is 0 Å². The molecular weight excluding hydrogens is 236 g/mol. The first-order chi connectivity index (χ1) is 9.25. The molecule has 1 fully saturated rings. The Morgan fingerprint density at radius 3 is 3.00 bits per heavy atom. The first kappa shape index (κ1) is 12.9. The standard InChI is InChI=1S/C16H24N2O/c1-12-16(8-10-19-12)18(2)9-7-13-11-17-15-6-4-3-5-14(13)15/h3-6,12-13,16-17H,7-11H2,1-2H3. The molecule has 0 amide bonds. The molecule has 104 valence electrons. The Labute approximate surface area is 115 Å². The van der Waals surface area contributed by atoms with Gasteiger partial charge in [0, 0.05) is 30.8 Å². The smallest absolute Gasteiger partial charge is 0.0702 e. The molecule has 2 aliphatic rings. The highest BCUT2D eigenvalue weighted by molar-refractivity contribution is 5.57. The molecule has 19 heavy (non-hydrogen) atoms. The average Bonchev–Trinajstić information content (AvgIpc) is 3.02. The molecular formula is C16H24N2O. The molecule has 3 atom stereocenters. The fraction of sp³-hybridized carbons (Fsp3) is 0.625. The molecule has 1 N–H and O–H groups in total. The lowest BCUT2D eigenvalue weighted by Crippen LogP contribution is -2.37. The third-order valence-corrected chi connectivity index (χ3v) is 4.67. The van der Waals surface area contributed by atoms with Crippen molar-refractivity contribution in [2.24, 2.45) is 0 Å². The van der Waals surface area contributed by atoms with Crippen molar-refractivity contribution in [2.45, 2.75) is 37.8 Å². The topological polar surface area (TPSA) is 24.5 Å². The van der Waals surface area contributed by atoms with E-state index in [1.54, 1.807) is 0 Å². The number of fused-ring (bicyclic) bond motifs is 1. The summed E-state index contributed by atoms with van der Waals surface area (Å²) >= 11 is 0. The van der Waals surface area contributed by atoms with E-state index in [9.17, 15) is 0 Å². The van der Waals surface area contributed by atoms with Crippen LogP contribution < -0.4 is 5.32 Å². The van der Waals surface area contributed by atoms with Crippen LogP contribution in [0.15, 0.2) is 24.3 Å². The molecule has 3 nitrogen and oxygen atoms in total. The van der Waals surface area contributed by atoms with Crippen molar-refractivity contribution >= 4 is 5.69 Å². The van der Waals surface area contributed by atoms with Gasteiger partial charge in [0.1, 0.15) is 0 Å². The maximum Gasteiger partial charge on any atom is 0.0702 e. The molecule has 3 unspecified atom stereocenters. The van der Waals surface area contributed by atoms with Gasteiger partial charge in [-0.1, -0.05) is 18.2 Å². The molecule has 1 aromatic carbocycles. The van der Waals surface area contributed by atoms with Crippen LogP contribution in [0.2, 0.25) is 0 Å². The minimum Gasteiger partial charge on any atom is -0.384 e. The Hall–Kier alpha value is -1.06. The number of hydrogen-bond donors (Lipinski definition) is 1. The summed E-state index contributed by atoms with van der Waals surface area (Å²) in [5, 5.41) is 3.51. The van der Waals surface area contributed by atoms with Crippen LogP contribution in [0.5, 0.6) is 0 Å². The normalized spacial score (nSPS) is 29.5. The Morgan fingerprint density at radius 1 is 1.37 bits per heavy atom. The van der Waals surface area contributed by atoms with Crippen LogP contribution in [-0.2, 0) is 4.74 Å². The third-order valence-electron chi connectivity index (χ3n) is 4.67. The zero-order chi connectivity index (χ0) is 13.2. The zero-order valence-corrected chi connectivity index (χ0v) is 11.9. The second kappa shape index (κ2) is 5.51. The number of rotatable bonds is 4. The summed E-state index contributed by atoms with van der Waals surface area (Å²) in [4.78, 5) is 2.48. The molecule has 0 spiro atoms. The predicted octanol–water partition coefficient (Wildman–Crippen LogP) is 2.70. The van der Waals surface area contributed by atoms with Gasteiger partial charge in [0.25, 0.3) is 0 Å². The average molecular weight is 260 g/mol. The van der Waals surface area contributed by atoms with Crippen LogP contribution in [0.3, 0.4) is 0 Å². The summed E-state index contributed by atoms with van der Waals surface area (Å²) in [5.41, 5.74) is 2.82. The van der Waals surface area contributed by atoms with Crippen LogP contribution in [-0.4, -0.2) is 43.8 Å². The maximum atomic E-state index is 5.66. The van der Waals surface area contributed by atoms with Crippen molar-refractivity contribution in [3.63, 3.8) is 0 Å². The summed E-state index contributed by atoms with van der Waals surface area (Å²) in [6.07, 6.45) is 2.79. The van der Waals surface area contributed by atoms with Crippen molar-refractivity contribution < 1.29 is 4.74 Å². The van der Waals surface area contributed by atoms with Gasteiger partial charge in [0.15, 0.2) is 0 Å². The second-order valence-electron chi connectivity index (χ2n) is 5.87. The van der Waals surface area contributed by atoms with Crippen molar-refractivity contribution in [3.8, 4) is 0 Å². The quantitative estimate of drug-likeness (QED) is 0.901. The van der Waals surface area contributed by atoms with Gasteiger partial charge in [-0.15, -0.1) is 0 Å². The zero-order valence-electron chi connectivity index (χ0n) is 11.9. The SMILES string of the molecule is CC1OCCC1N(C)CCC1CNc2ccccc21. The molecule has 0 aliphatic carbocycles. The van der Waals surface area contributed by atoms with E-state index in [2.05, 4.69) is 48.5 Å². The highest BCUT2D eigenvalue weighted by Gasteiger charge is 2.29. The molecule has 0 saturated carbocycles. The number of benzene rings is 1. The van der Waals surface area contributed by atoms with E-state index < -0.39 is 0 Å². The van der Waals surface area contributed by atoms with Gasteiger partial charge < -0.3 is 15.0 Å². The molecule has 3 heteroatoms. The number of para-hydroxylation sites is 1. The predicted molar refractivity (Wildman–Crippen MR) is 78.7 cm³/mol. The first-order valence-corrected chi connectivity index (χ1v) is 7.40. The Kier molecular flexibility index (Phi) is 3.76. The summed E-state index contributed by atoms with van der Waals surface area (Å²) in [6.45, 7) is 5.35. The van der Waals surface area contributed by atoms with E-state index in [1.165, 1.54) is 24.1 Å². The van der Waals surface area contributed by atoms with E-state index in [0.29, 0.717) is 18.1 Å². The van der Waals surface area contributed by atoms with Crippen molar-refractivity contribution in [1.29, 1.82) is 0 Å². The fourth-order valence-corrected chi connectivity index (χ4v) is 3.44. The molecule has 2 aliphatic heterocycles. The van der Waals surface area contributed by atoms with Crippen LogP contribution in [0, 0.1) is 0 Å². The van der Waals surface area contributed by atoms with Gasteiger partial charge in [-0.05, 0) is 45.0 Å². The lowest BCUT2D eigenvalue weighted by atomic mass is 9.97. The lowest BCUT2D eigenvalue weighted by Gasteiger charge is -2.27. The first-order valence-electron chi connectivity index (χ1n) is 7.40. The van der Waals surface area contributed by atoms with E-state index in [0.717, 1.165) is 19.7 Å². The minimum atomic E-state index is 0.388. The lowest BCUT2D eigenvalue weighted by molar-refractivity contribution is 0.0828. The van der Waals surface area contributed by atoms with Crippen LogP contribution >= 0.6 is 0 Å². The molecule has 1 saturated heterocycles. The van der Waals surface area contributed by atoms with E-state index in [1.807, 2.05) is 0 Å². The summed E-state index contributed by atoms with van der Waals surface area (Å²) in [5.74, 6) is 0.663. The number of nitrogens with zero attached hydrogens (tertiary/aromatic N) is 1. The van der Waals surface area contributed by atoms with Gasteiger partial charge >= 0.3 is 0 Å². The molecule has 0 bridgehead atoms. The largest absolute Gasteiger partial charge is 0.384 e. The third kappa shape index (κ3) is 2.63. The Balaban J connectivity index is 1.56. The number of anilines is 1. The van der Waals surface area contributed by atoms with E-state index >= 15 is 0 Å². The van der Waals surface area contributed by atoms with Crippen molar-refractivity contribution in [3.05, 3.63) is 29.8 Å². The minimum absolute atomic E-state index is 0.388. The van der Waals surface area contributed by atoms with Crippen molar-refractivity contribution in [1.82, 2.24) is 4.90 Å². The molecule has 0 aromatic heterocycles. The molecule has 3 rings (SSSR count). The molecule has 1 aromatic rings. The molecule has 0 radical (unpaired) electrons. The van der Waals surface area contributed by atoms with Crippen LogP contribution in [0.25, 0.3) is 0 Å². The highest BCUT2D eigenvalue weighted by Crippen LogP contribution is 2.33. The van der Waals surface area contributed by atoms with Gasteiger partial charge in [-0.25, -0.2) is 0 Å². The highest BCUT2D eigenvalue weighted by atomic mass is 16.5. The van der Waals surface area contributed by atoms with Gasteiger partial charge in [-0.2, -0.15) is 0 Å². The fourth-order valence-electron chi connectivity index (χ4n) is 3.44. The van der Waals surface area contributed by atoms with Crippen molar-refractivity contribution in [2.75, 3.05) is 32.1 Å². The number of hydrogen-bond acceptors (Lipinski definition) is 3. The maximum absolute atomic E-state index is 5.66. The summed E-state index contributed by atoms with van der Waals surface area (Å²) < 4.78 is 5.66. The van der Waals surface area contributed by atoms with Gasteiger partial charge in [0.2, 0.25) is 0 Å². The van der Waals surface area contributed by atoms with E-state index in [4.69, 9.17) is 4.74 Å². The number of ether oxygens (including phenoxy) is 1. The summed E-state index contributed by atoms with van der Waals surface area (Å²) in [6, 6.07) is 9.31. The number of likely N-dealkylation sites (N-methyl/N-ethyl adjacent to an activating group) is 1. The van der Waals surface area contributed by atoms with Crippen LogP contribution in [0.1, 0.15) is 31.2 Å². The summed E-state index contributed by atoms with van der Waals surface area (Å²) in [7, 11) is 2.24. The molecule has 2 heterocycles. The van der Waals surface area contributed by atoms with E-state index in [-0.39, 0.29) is 0 Å².